The van der Waals surface area contributed by atoms with Gasteiger partial charge in [0.2, 0.25) is 0 Å². The number of methoxy groups -OCH3 is 1. The molecule has 0 saturated heterocycles. The van der Waals surface area contributed by atoms with Crippen LogP contribution in [0.4, 0.5) is 0 Å². The second-order valence-electron chi connectivity index (χ2n) is 4.80. The van der Waals surface area contributed by atoms with E-state index in [9.17, 15) is 4.79 Å². The number of carbonyl (C=O) groups is 1. The molecule has 0 fully saturated rings. The summed E-state index contributed by atoms with van der Waals surface area (Å²) >= 11 is 11.8. The predicted octanol–water partition coefficient (Wildman–Crippen LogP) is 4.51. The fraction of sp³-hybridized carbons (Fsp3) is 0.235. The van der Waals surface area contributed by atoms with Gasteiger partial charge in [-0.05, 0) is 42.8 Å². The number of carbonyl (C=O) groups excluding carboxylic acids is 1. The quantitative estimate of drug-likeness (QED) is 0.565. The van der Waals surface area contributed by atoms with Crippen molar-refractivity contribution < 1.29 is 19.0 Å². The monoisotopic (exact) mass is 354 g/mol. The van der Waals surface area contributed by atoms with Gasteiger partial charge in [-0.3, -0.25) is 0 Å². The van der Waals surface area contributed by atoms with Crippen LogP contribution in [0.5, 0.6) is 11.5 Å². The molecule has 0 aliphatic carbocycles. The molecule has 0 aromatic heterocycles. The molecule has 0 N–H and O–H groups in total. The van der Waals surface area contributed by atoms with Crippen LogP contribution in [0.15, 0.2) is 42.5 Å². The third-order valence-corrected chi connectivity index (χ3v) is 3.60. The Labute approximate surface area is 144 Å². The Bertz CT molecular complexity index is 688. The van der Waals surface area contributed by atoms with E-state index >= 15 is 0 Å². The van der Waals surface area contributed by atoms with Crippen molar-refractivity contribution in [2.45, 2.75) is 19.6 Å². The summed E-state index contributed by atoms with van der Waals surface area (Å²) in [5.41, 5.74) is 0.897. The molecule has 2 aromatic carbocycles. The normalized spacial score (nSPS) is 11.8. The summed E-state index contributed by atoms with van der Waals surface area (Å²) in [6, 6.07) is 12.1. The topological polar surface area (TPSA) is 44.8 Å². The van der Waals surface area contributed by atoms with Gasteiger partial charge in [-0.1, -0.05) is 35.3 Å². The van der Waals surface area contributed by atoms with Gasteiger partial charge in [0.15, 0.2) is 6.10 Å². The summed E-state index contributed by atoms with van der Waals surface area (Å²) in [5.74, 6) is 0.448. The summed E-state index contributed by atoms with van der Waals surface area (Å²) < 4.78 is 15.9. The zero-order chi connectivity index (χ0) is 16.8. The standard InChI is InChI=1S/C17H16Cl2O4/c1-11(22-10-12-4-3-5-14(8-12)21-2)17(20)23-16-7-6-13(18)9-15(16)19/h3-9,11H,10H2,1-2H3. The van der Waals surface area contributed by atoms with Gasteiger partial charge in [0.25, 0.3) is 0 Å². The first-order valence-electron chi connectivity index (χ1n) is 6.91. The summed E-state index contributed by atoms with van der Waals surface area (Å²) in [6.45, 7) is 1.88. The lowest BCUT2D eigenvalue weighted by Crippen LogP contribution is -2.25. The Kier molecular flexibility index (Phi) is 6.28. The van der Waals surface area contributed by atoms with Crippen LogP contribution in [0.25, 0.3) is 0 Å². The van der Waals surface area contributed by atoms with Gasteiger partial charge in [-0.2, -0.15) is 0 Å². The third kappa shape index (κ3) is 5.13. The van der Waals surface area contributed by atoms with E-state index in [2.05, 4.69) is 0 Å². The molecule has 122 valence electrons. The van der Waals surface area contributed by atoms with E-state index in [0.29, 0.717) is 5.02 Å². The fourth-order valence-corrected chi connectivity index (χ4v) is 2.25. The Balaban J connectivity index is 1.91. The molecule has 2 aromatic rings. The lowest BCUT2D eigenvalue weighted by Gasteiger charge is -2.13. The van der Waals surface area contributed by atoms with E-state index in [0.717, 1.165) is 11.3 Å². The van der Waals surface area contributed by atoms with Gasteiger partial charge >= 0.3 is 5.97 Å². The molecule has 1 unspecified atom stereocenters. The van der Waals surface area contributed by atoms with Crippen LogP contribution in [0, 0.1) is 0 Å². The number of halogens is 2. The summed E-state index contributed by atoms with van der Waals surface area (Å²) in [6.07, 6.45) is -0.743. The highest BCUT2D eigenvalue weighted by Gasteiger charge is 2.17. The largest absolute Gasteiger partial charge is 0.497 e. The van der Waals surface area contributed by atoms with Crippen LogP contribution < -0.4 is 9.47 Å². The summed E-state index contributed by atoms with van der Waals surface area (Å²) in [4.78, 5) is 12.0. The van der Waals surface area contributed by atoms with E-state index in [-0.39, 0.29) is 17.4 Å². The molecular weight excluding hydrogens is 339 g/mol. The van der Waals surface area contributed by atoms with Crippen molar-refractivity contribution in [1.82, 2.24) is 0 Å². The maximum absolute atomic E-state index is 12.0. The van der Waals surface area contributed by atoms with Gasteiger partial charge in [0.1, 0.15) is 11.5 Å². The van der Waals surface area contributed by atoms with Gasteiger partial charge in [-0.25, -0.2) is 4.79 Å². The number of hydrogen-bond acceptors (Lipinski definition) is 4. The molecule has 0 spiro atoms. The first-order chi connectivity index (χ1) is 11.0. The van der Waals surface area contributed by atoms with E-state index in [1.165, 1.54) is 12.1 Å². The van der Waals surface area contributed by atoms with Gasteiger partial charge in [0, 0.05) is 5.02 Å². The Morgan fingerprint density at radius 1 is 1.17 bits per heavy atom. The zero-order valence-electron chi connectivity index (χ0n) is 12.7. The van der Waals surface area contributed by atoms with Crippen LogP contribution in [-0.4, -0.2) is 19.2 Å². The third-order valence-electron chi connectivity index (χ3n) is 3.07. The molecule has 23 heavy (non-hydrogen) atoms. The second kappa shape index (κ2) is 8.20. The smallest absolute Gasteiger partial charge is 0.340 e. The van der Waals surface area contributed by atoms with Crippen molar-refractivity contribution in [2.75, 3.05) is 7.11 Å². The van der Waals surface area contributed by atoms with Crippen LogP contribution in [-0.2, 0) is 16.1 Å². The number of hydrogen-bond donors (Lipinski definition) is 0. The first-order valence-corrected chi connectivity index (χ1v) is 7.66. The van der Waals surface area contributed by atoms with Crippen molar-refractivity contribution in [3.8, 4) is 11.5 Å². The number of esters is 1. The molecule has 0 bridgehead atoms. The molecule has 1 atom stereocenters. The minimum absolute atomic E-state index is 0.248. The fourth-order valence-electron chi connectivity index (χ4n) is 1.80. The average molecular weight is 355 g/mol. The van der Waals surface area contributed by atoms with Crippen molar-refractivity contribution in [2.24, 2.45) is 0 Å². The van der Waals surface area contributed by atoms with E-state index in [4.69, 9.17) is 37.4 Å². The summed E-state index contributed by atoms with van der Waals surface area (Å²) in [5, 5.41) is 0.739. The molecule has 0 saturated carbocycles. The molecular formula is C17H16Cl2O4. The molecule has 4 nitrogen and oxygen atoms in total. The van der Waals surface area contributed by atoms with E-state index in [1.807, 2.05) is 24.3 Å². The van der Waals surface area contributed by atoms with Crippen molar-refractivity contribution in [3.63, 3.8) is 0 Å². The van der Waals surface area contributed by atoms with Crippen LogP contribution in [0.3, 0.4) is 0 Å². The lowest BCUT2D eigenvalue weighted by atomic mass is 10.2. The van der Waals surface area contributed by atoms with Crippen molar-refractivity contribution in [1.29, 1.82) is 0 Å². The molecule has 0 amide bonds. The van der Waals surface area contributed by atoms with Gasteiger partial charge in [0.05, 0.1) is 18.7 Å². The number of benzene rings is 2. The van der Waals surface area contributed by atoms with Crippen LogP contribution in [0.2, 0.25) is 10.0 Å². The highest BCUT2D eigenvalue weighted by Crippen LogP contribution is 2.28. The SMILES string of the molecule is COc1cccc(COC(C)C(=O)Oc2ccc(Cl)cc2Cl)c1. The molecule has 0 radical (unpaired) electrons. The van der Waals surface area contributed by atoms with Gasteiger partial charge < -0.3 is 14.2 Å². The number of rotatable bonds is 6. The second-order valence-corrected chi connectivity index (χ2v) is 5.64. The zero-order valence-corrected chi connectivity index (χ0v) is 14.2. The van der Waals surface area contributed by atoms with Crippen molar-refractivity contribution in [3.05, 3.63) is 58.1 Å². The highest BCUT2D eigenvalue weighted by molar-refractivity contribution is 6.35. The Morgan fingerprint density at radius 3 is 2.65 bits per heavy atom. The maximum Gasteiger partial charge on any atom is 0.340 e. The van der Waals surface area contributed by atoms with E-state index < -0.39 is 12.1 Å². The van der Waals surface area contributed by atoms with Crippen LogP contribution in [0.1, 0.15) is 12.5 Å². The molecule has 2 rings (SSSR count). The first kappa shape index (κ1) is 17.6. The summed E-state index contributed by atoms with van der Waals surface area (Å²) in [7, 11) is 1.59. The van der Waals surface area contributed by atoms with Crippen molar-refractivity contribution >= 4 is 29.2 Å². The maximum atomic E-state index is 12.0. The Morgan fingerprint density at radius 2 is 1.96 bits per heavy atom. The van der Waals surface area contributed by atoms with Crippen LogP contribution >= 0.6 is 23.2 Å². The minimum atomic E-state index is -0.743. The molecule has 0 aliphatic rings. The van der Waals surface area contributed by atoms with Gasteiger partial charge in [-0.15, -0.1) is 0 Å². The molecule has 6 heteroatoms. The molecule has 0 heterocycles. The number of ether oxygens (including phenoxy) is 3. The predicted molar refractivity (Wildman–Crippen MR) is 89.3 cm³/mol. The Hall–Kier alpha value is -1.75. The average Bonchev–Trinajstić information content (AvgIpc) is 2.55. The molecule has 0 aliphatic heterocycles. The van der Waals surface area contributed by atoms with E-state index in [1.54, 1.807) is 20.1 Å². The lowest BCUT2D eigenvalue weighted by molar-refractivity contribution is -0.147. The highest BCUT2D eigenvalue weighted by atomic mass is 35.5. The minimum Gasteiger partial charge on any atom is -0.497 e.